The van der Waals surface area contributed by atoms with E-state index in [9.17, 15) is 0 Å². The Morgan fingerprint density at radius 1 is 0.500 bits per heavy atom. The predicted molar refractivity (Wildman–Crippen MR) is 204 cm³/mol. The topological polar surface area (TPSA) is 46.8 Å². The van der Waals surface area contributed by atoms with Crippen LogP contribution in [0.5, 0.6) is 0 Å². The Morgan fingerprint density at radius 3 is 1.84 bits per heavy atom. The van der Waals surface area contributed by atoms with E-state index in [1.165, 1.54) is 33.2 Å². The molecule has 0 fully saturated rings. The van der Waals surface area contributed by atoms with Gasteiger partial charge in [-0.05, 0) is 42.2 Å². The van der Waals surface area contributed by atoms with Crippen molar-refractivity contribution in [2.45, 2.75) is 12.8 Å². The summed E-state index contributed by atoms with van der Waals surface area (Å²) in [5.74, 6) is 1.89. The molecule has 1 aliphatic heterocycles. The number of para-hydroxylation sites is 2. The van der Waals surface area contributed by atoms with Gasteiger partial charge in [-0.3, -0.25) is 4.90 Å². The van der Waals surface area contributed by atoms with Crippen LogP contribution < -0.4 is 4.90 Å². The molecule has 3 heterocycles. The standard InChI is InChI=1S/C45H31N5/c1-4-16-30(17-5-1)43-46-44(31-18-6-2-7-19-31)48-45(47-43)50-40-27-15-12-24-35(40)33-22-10-11-23-34(33)37-28-29-38-36-25-13-14-26-39(36)49(41(38)42(37)50)32-20-8-3-9-21-32/h1-14,16-26,28-29H,15,27H2. The van der Waals surface area contributed by atoms with E-state index in [4.69, 9.17) is 15.0 Å². The molecule has 0 amide bonds. The van der Waals surface area contributed by atoms with Gasteiger partial charge in [-0.25, -0.2) is 4.98 Å². The molecule has 0 bridgehead atoms. The van der Waals surface area contributed by atoms with Crippen LogP contribution in [-0.4, -0.2) is 19.5 Å². The monoisotopic (exact) mass is 641 g/mol. The zero-order valence-electron chi connectivity index (χ0n) is 27.2. The van der Waals surface area contributed by atoms with Crippen LogP contribution >= 0.6 is 0 Å². The molecule has 0 N–H and O–H groups in total. The van der Waals surface area contributed by atoms with E-state index in [1.807, 2.05) is 36.4 Å². The largest absolute Gasteiger partial charge is 0.307 e. The molecule has 0 saturated heterocycles. The fourth-order valence-corrected chi connectivity index (χ4v) is 7.66. The number of anilines is 2. The normalized spacial score (nSPS) is 13.6. The number of hydrogen-bond acceptors (Lipinski definition) is 4. The number of aromatic nitrogens is 4. The fraction of sp³-hybridized carbons (Fsp3) is 0.0444. The van der Waals surface area contributed by atoms with Crippen LogP contribution in [0.1, 0.15) is 18.4 Å². The second kappa shape index (κ2) is 11.5. The third-order valence-electron chi connectivity index (χ3n) is 9.86. The molecule has 10 rings (SSSR count). The molecule has 5 heteroatoms. The highest BCUT2D eigenvalue weighted by molar-refractivity contribution is 6.18. The maximum atomic E-state index is 5.35. The second-order valence-corrected chi connectivity index (χ2v) is 12.7. The SMILES string of the molecule is C1=CC2=C(CC1)N(c1nc(-c3ccccc3)nc(-c3ccccc3)n1)c1c(ccc3c4ccccc4n(-c4ccccc4)c13)-c1ccccc12. The van der Waals surface area contributed by atoms with Crippen molar-refractivity contribution in [3.8, 4) is 39.6 Å². The molecule has 0 saturated carbocycles. The smallest absolute Gasteiger partial charge is 0.238 e. The van der Waals surface area contributed by atoms with Crippen molar-refractivity contribution < 1.29 is 0 Å². The van der Waals surface area contributed by atoms with Gasteiger partial charge in [-0.2, -0.15) is 9.97 Å². The molecule has 6 aromatic carbocycles. The van der Waals surface area contributed by atoms with Crippen LogP contribution in [0.2, 0.25) is 0 Å². The fourth-order valence-electron chi connectivity index (χ4n) is 7.66. The molecule has 5 nitrogen and oxygen atoms in total. The first kappa shape index (κ1) is 28.4. The first-order chi connectivity index (χ1) is 24.8. The van der Waals surface area contributed by atoms with Gasteiger partial charge < -0.3 is 4.57 Å². The number of fused-ring (bicyclic) bond motifs is 8. The summed E-state index contributed by atoms with van der Waals surface area (Å²) in [5.41, 5.74) is 12.3. The van der Waals surface area contributed by atoms with Gasteiger partial charge in [0.1, 0.15) is 0 Å². The van der Waals surface area contributed by atoms with Crippen molar-refractivity contribution in [2.24, 2.45) is 0 Å². The predicted octanol–water partition coefficient (Wildman–Crippen LogP) is 11.2. The molecule has 236 valence electrons. The summed E-state index contributed by atoms with van der Waals surface area (Å²) in [7, 11) is 0. The molecule has 50 heavy (non-hydrogen) atoms. The minimum absolute atomic E-state index is 0.604. The lowest BCUT2D eigenvalue weighted by atomic mass is 9.91. The first-order valence-electron chi connectivity index (χ1n) is 17.1. The number of hydrogen-bond donors (Lipinski definition) is 0. The number of allylic oxidation sites excluding steroid dienone is 4. The Morgan fingerprint density at radius 2 is 1.12 bits per heavy atom. The lowest BCUT2D eigenvalue weighted by Crippen LogP contribution is -2.22. The van der Waals surface area contributed by atoms with Gasteiger partial charge in [0.25, 0.3) is 0 Å². The molecule has 0 unspecified atom stereocenters. The quantitative estimate of drug-likeness (QED) is 0.192. The molecular formula is C45H31N5. The van der Waals surface area contributed by atoms with Crippen molar-refractivity contribution in [2.75, 3.05) is 4.90 Å². The summed E-state index contributed by atoms with van der Waals surface area (Å²) in [6, 6.07) is 53.3. The molecule has 0 radical (unpaired) electrons. The minimum Gasteiger partial charge on any atom is -0.307 e. The Labute approximate surface area is 290 Å². The second-order valence-electron chi connectivity index (χ2n) is 12.7. The van der Waals surface area contributed by atoms with Crippen LogP contribution in [0, 0.1) is 0 Å². The highest BCUT2D eigenvalue weighted by atomic mass is 15.3. The molecule has 8 aromatic rings. The molecule has 2 aliphatic rings. The van der Waals surface area contributed by atoms with Gasteiger partial charge in [0, 0.05) is 44.4 Å². The summed E-state index contributed by atoms with van der Waals surface area (Å²) >= 11 is 0. The van der Waals surface area contributed by atoms with Crippen LogP contribution in [-0.2, 0) is 0 Å². The van der Waals surface area contributed by atoms with E-state index in [0.29, 0.717) is 17.6 Å². The zero-order chi connectivity index (χ0) is 33.0. The molecule has 1 aliphatic carbocycles. The summed E-state index contributed by atoms with van der Waals surface area (Å²) in [5, 5.41) is 2.39. The Kier molecular flexibility index (Phi) is 6.56. The Hall–Kier alpha value is -6.59. The van der Waals surface area contributed by atoms with E-state index in [2.05, 4.69) is 137 Å². The zero-order valence-corrected chi connectivity index (χ0v) is 27.2. The summed E-state index contributed by atoms with van der Waals surface area (Å²) in [6.07, 6.45) is 6.34. The van der Waals surface area contributed by atoms with E-state index in [0.717, 1.165) is 51.9 Å². The van der Waals surface area contributed by atoms with E-state index < -0.39 is 0 Å². The van der Waals surface area contributed by atoms with Gasteiger partial charge in [0.05, 0.1) is 16.7 Å². The average Bonchev–Trinajstić information content (AvgIpc) is 3.47. The minimum atomic E-state index is 0.604. The third kappa shape index (κ3) is 4.44. The van der Waals surface area contributed by atoms with Crippen LogP contribution in [0.4, 0.5) is 11.6 Å². The molecular weight excluding hydrogens is 611 g/mol. The number of rotatable bonds is 4. The van der Waals surface area contributed by atoms with Gasteiger partial charge in [-0.15, -0.1) is 0 Å². The lowest BCUT2D eigenvalue weighted by molar-refractivity contribution is 0.895. The van der Waals surface area contributed by atoms with Crippen molar-refractivity contribution in [1.82, 2.24) is 19.5 Å². The highest BCUT2D eigenvalue weighted by Gasteiger charge is 2.33. The van der Waals surface area contributed by atoms with Gasteiger partial charge in [-0.1, -0.05) is 146 Å². The van der Waals surface area contributed by atoms with E-state index in [-0.39, 0.29) is 0 Å². The summed E-state index contributed by atoms with van der Waals surface area (Å²) < 4.78 is 2.42. The van der Waals surface area contributed by atoms with Crippen molar-refractivity contribution in [3.63, 3.8) is 0 Å². The van der Waals surface area contributed by atoms with Crippen LogP contribution in [0.3, 0.4) is 0 Å². The molecule has 0 spiro atoms. The van der Waals surface area contributed by atoms with Gasteiger partial charge >= 0.3 is 0 Å². The number of nitrogens with zero attached hydrogens (tertiary/aromatic N) is 5. The van der Waals surface area contributed by atoms with Crippen LogP contribution in [0.15, 0.2) is 170 Å². The maximum absolute atomic E-state index is 5.35. The number of benzene rings is 6. The van der Waals surface area contributed by atoms with Crippen molar-refractivity contribution in [1.29, 1.82) is 0 Å². The first-order valence-corrected chi connectivity index (χ1v) is 17.1. The summed E-state index contributed by atoms with van der Waals surface area (Å²) in [4.78, 5) is 18.1. The Bertz CT molecular complexity index is 2580. The van der Waals surface area contributed by atoms with Crippen LogP contribution in [0.25, 0.3) is 67.0 Å². The van der Waals surface area contributed by atoms with Gasteiger partial charge in [0.15, 0.2) is 11.6 Å². The van der Waals surface area contributed by atoms with Crippen molar-refractivity contribution >= 4 is 39.0 Å². The van der Waals surface area contributed by atoms with Gasteiger partial charge in [0.2, 0.25) is 5.95 Å². The van der Waals surface area contributed by atoms with E-state index in [1.54, 1.807) is 0 Å². The highest BCUT2D eigenvalue weighted by Crippen LogP contribution is 2.52. The molecule has 2 aromatic heterocycles. The third-order valence-corrected chi connectivity index (χ3v) is 9.86. The lowest BCUT2D eigenvalue weighted by Gasteiger charge is -2.30. The Balaban J connectivity index is 1.39. The van der Waals surface area contributed by atoms with Crippen molar-refractivity contribution in [3.05, 3.63) is 175 Å². The maximum Gasteiger partial charge on any atom is 0.238 e. The summed E-state index contributed by atoms with van der Waals surface area (Å²) in [6.45, 7) is 0. The van der Waals surface area contributed by atoms with E-state index >= 15 is 0 Å². The average molecular weight is 642 g/mol. The molecule has 0 atom stereocenters.